The maximum absolute atomic E-state index is 6.61. The minimum absolute atomic E-state index is 0. The number of fused-ring (bicyclic) bond motifs is 1. The normalized spacial score (nSPS) is 18.4. The Hall–Kier alpha value is -0.580. The van der Waals surface area contributed by atoms with E-state index in [2.05, 4.69) is 29.3 Å². The molecular weight excluding hydrogens is 389 g/mol. The van der Waals surface area contributed by atoms with Crippen LogP contribution in [0.2, 0.25) is 5.02 Å². The number of aryl methyl sites for hydroxylation is 1. The van der Waals surface area contributed by atoms with Crippen molar-refractivity contribution in [2.75, 3.05) is 19.6 Å². The average Bonchev–Trinajstić information content (AvgIpc) is 3.43. The summed E-state index contributed by atoms with van der Waals surface area (Å²) in [6, 6.07) is 8.97. The molecule has 0 amide bonds. The highest BCUT2D eigenvalue weighted by Gasteiger charge is 2.25. The summed E-state index contributed by atoms with van der Waals surface area (Å²) >= 11 is 6.61. The summed E-state index contributed by atoms with van der Waals surface area (Å²) in [4.78, 5) is 7.33. The van der Waals surface area contributed by atoms with Gasteiger partial charge in [-0.1, -0.05) is 29.8 Å². The van der Waals surface area contributed by atoms with Gasteiger partial charge < -0.3 is 5.32 Å². The number of pyridine rings is 1. The third-order valence-corrected chi connectivity index (χ3v) is 6.00. The molecule has 3 nitrogen and oxygen atoms in total. The van der Waals surface area contributed by atoms with Crippen LogP contribution in [0.15, 0.2) is 24.3 Å². The highest BCUT2D eigenvalue weighted by molar-refractivity contribution is 6.32. The number of para-hydroxylation sites is 1. The van der Waals surface area contributed by atoms with Gasteiger partial charge in [-0.05, 0) is 56.7 Å². The van der Waals surface area contributed by atoms with Crippen LogP contribution in [0.25, 0.3) is 10.9 Å². The lowest BCUT2D eigenvalue weighted by Gasteiger charge is -2.32. The van der Waals surface area contributed by atoms with Crippen molar-refractivity contribution in [1.82, 2.24) is 15.2 Å². The number of piperidine rings is 1. The molecule has 26 heavy (non-hydrogen) atoms. The number of halogens is 3. The molecule has 1 N–H and O–H groups in total. The molecule has 1 saturated heterocycles. The van der Waals surface area contributed by atoms with Gasteiger partial charge in [0, 0.05) is 31.1 Å². The fraction of sp³-hybridized carbons (Fsp3) is 0.550. The monoisotopic (exact) mass is 415 g/mol. The lowest BCUT2D eigenvalue weighted by atomic mass is 10.0. The second kappa shape index (κ2) is 9.57. The largest absolute Gasteiger partial charge is 0.314 e. The fourth-order valence-corrected chi connectivity index (χ4v) is 3.89. The van der Waals surface area contributed by atoms with E-state index in [1.54, 1.807) is 0 Å². The highest BCUT2D eigenvalue weighted by Crippen LogP contribution is 2.29. The SMILES string of the molecule is Cc1c(Cl)c(CN2CCC(NCC3CC3)CC2)nc2ccccc12.Cl.Cl. The smallest absolute Gasteiger partial charge is 0.0740 e. The van der Waals surface area contributed by atoms with Crippen molar-refractivity contribution in [3.63, 3.8) is 0 Å². The van der Waals surface area contributed by atoms with Crippen molar-refractivity contribution in [2.24, 2.45) is 5.92 Å². The molecule has 2 aromatic rings. The number of hydrogen-bond acceptors (Lipinski definition) is 3. The number of likely N-dealkylation sites (tertiary alicyclic amines) is 1. The van der Waals surface area contributed by atoms with E-state index < -0.39 is 0 Å². The van der Waals surface area contributed by atoms with E-state index in [9.17, 15) is 0 Å². The molecule has 2 heterocycles. The van der Waals surface area contributed by atoms with Crippen LogP contribution in [0, 0.1) is 12.8 Å². The van der Waals surface area contributed by atoms with E-state index in [0.29, 0.717) is 6.04 Å². The summed E-state index contributed by atoms with van der Waals surface area (Å²) in [6.07, 6.45) is 5.32. The predicted octanol–water partition coefficient (Wildman–Crippen LogP) is 5.00. The van der Waals surface area contributed by atoms with Crippen molar-refractivity contribution < 1.29 is 0 Å². The van der Waals surface area contributed by atoms with Gasteiger partial charge in [0.05, 0.1) is 16.2 Å². The zero-order chi connectivity index (χ0) is 16.5. The van der Waals surface area contributed by atoms with Crippen LogP contribution < -0.4 is 5.32 Å². The Bertz CT molecular complexity index is 726. The minimum Gasteiger partial charge on any atom is -0.314 e. The summed E-state index contributed by atoms with van der Waals surface area (Å²) < 4.78 is 0. The van der Waals surface area contributed by atoms with Gasteiger partial charge in [0.1, 0.15) is 0 Å². The molecule has 1 aliphatic carbocycles. The van der Waals surface area contributed by atoms with E-state index >= 15 is 0 Å². The van der Waals surface area contributed by atoms with E-state index in [1.807, 2.05) is 12.1 Å². The minimum atomic E-state index is 0. The van der Waals surface area contributed by atoms with Gasteiger partial charge in [0.25, 0.3) is 0 Å². The Morgan fingerprint density at radius 1 is 1.12 bits per heavy atom. The molecule has 0 unspecified atom stereocenters. The van der Waals surface area contributed by atoms with E-state index in [1.165, 1.54) is 32.2 Å². The molecule has 1 aromatic heterocycles. The Morgan fingerprint density at radius 3 is 2.50 bits per heavy atom. The number of rotatable bonds is 5. The third-order valence-electron chi connectivity index (χ3n) is 5.50. The number of hydrogen-bond donors (Lipinski definition) is 1. The predicted molar refractivity (Wildman–Crippen MR) is 115 cm³/mol. The number of aromatic nitrogens is 1. The Balaban J connectivity index is 0.00000121. The molecule has 6 heteroatoms. The second-order valence-corrected chi connectivity index (χ2v) is 7.79. The van der Waals surface area contributed by atoms with Gasteiger partial charge in [-0.15, -0.1) is 24.8 Å². The molecule has 0 spiro atoms. The maximum Gasteiger partial charge on any atom is 0.0740 e. The molecular formula is C20H28Cl3N3. The molecule has 2 aliphatic rings. The quantitative estimate of drug-likeness (QED) is 0.743. The zero-order valence-electron chi connectivity index (χ0n) is 15.2. The van der Waals surface area contributed by atoms with Gasteiger partial charge in [-0.3, -0.25) is 4.90 Å². The van der Waals surface area contributed by atoms with Crippen molar-refractivity contribution >= 4 is 47.3 Å². The van der Waals surface area contributed by atoms with Crippen molar-refractivity contribution in [3.05, 3.63) is 40.5 Å². The summed E-state index contributed by atoms with van der Waals surface area (Å²) in [5.41, 5.74) is 3.23. The lowest BCUT2D eigenvalue weighted by Crippen LogP contribution is -2.42. The summed E-state index contributed by atoms with van der Waals surface area (Å²) in [6.45, 7) is 6.45. The molecule has 2 fully saturated rings. The average molecular weight is 417 g/mol. The standard InChI is InChI=1S/C20H26ClN3.2ClH/c1-14-17-4-2-3-5-18(17)23-19(20(14)21)13-24-10-8-16(9-11-24)22-12-15-6-7-15;;/h2-5,15-16,22H,6-13H2,1H3;2*1H. The van der Waals surface area contributed by atoms with Gasteiger partial charge in [-0.2, -0.15) is 0 Å². The molecule has 0 bridgehead atoms. The lowest BCUT2D eigenvalue weighted by molar-refractivity contribution is 0.188. The van der Waals surface area contributed by atoms with Crippen LogP contribution in [-0.4, -0.2) is 35.6 Å². The van der Waals surface area contributed by atoms with Gasteiger partial charge in [0.2, 0.25) is 0 Å². The van der Waals surface area contributed by atoms with Crippen LogP contribution >= 0.6 is 36.4 Å². The number of nitrogens with zero attached hydrogens (tertiary/aromatic N) is 2. The third kappa shape index (κ3) is 5.02. The molecule has 1 aliphatic heterocycles. The molecule has 144 valence electrons. The van der Waals surface area contributed by atoms with E-state index in [4.69, 9.17) is 16.6 Å². The molecule has 4 rings (SSSR count). The van der Waals surface area contributed by atoms with Crippen molar-refractivity contribution in [2.45, 2.75) is 45.2 Å². The first-order valence-corrected chi connectivity index (χ1v) is 9.58. The first-order valence-electron chi connectivity index (χ1n) is 9.20. The van der Waals surface area contributed by atoms with Crippen LogP contribution in [0.3, 0.4) is 0 Å². The van der Waals surface area contributed by atoms with E-state index in [0.717, 1.165) is 52.7 Å². The Kier molecular flexibility index (Phi) is 7.99. The molecule has 0 radical (unpaired) electrons. The van der Waals surface area contributed by atoms with E-state index in [-0.39, 0.29) is 24.8 Å². The summed E-state index contributed by atoms with van der Waals surface area (Å²) in [7, 11) is 0. The van der Waals surface area contributed by atoms with Crippen molar-refractivity contribution in [1.29, 1.82) is 0 Å². The summed E-state index contributed by atoms with van der Waals surface area (Å²) in [5.74, 6) is 0.964. The summed E-state index contributed by atoms with van der Waals surface area (Å²) in [5, 5.41) is 5.74. The van der Waals surface area contributed by atoms with Gasteiger partial charge in [-0.25, -0.2) is 4.98 Å². The molecule has 0 atom stereocenters. The van der Waals surface area contributed by atoms with Crippen LogP contribution in [-0.2, 0) is 6.54 Å². The molecule has 1 saturated carbocycles. The Labute approximate surface area is 173 Å². The van der Waals surface area contributed by atoms with Crippen LogP contribution in [0.5, 0.6) is 0 Å². The number of nitrogens with one attached hydrogen (secondary N) is 1. The topological polar surface area (TPSA) is 28.2 Å². The van der Waals surface area contributed by atoms with Crippen LogP contribution in [0.4, 0.5) is 0 Å². The van der Waals surface area contributed by atoms with Gasteiger partial charge in [0.15, 0.2) is 0 Å². The fourth-order valence-electron chi connectivity index (χ4n) is 3.68. The van der Waals surface area contributed by atoms with Crippen molar-refractivity contribution in [3.8, 4) is 0 Å². The zero-order valence-corrected chi connectivity index (χ0v) is 17.6. The molecule has 1 aromatic carbocycles. The Morgan fingerprint density at radius 2 is 1.81 bits per heavy atom. The highest BCUT2D eigenvalue weighted by atomic mass is 35.5. The maximum atomic E-state index is 6.61. The van der Waals surface area contributed by atoms with Gasteiger partial charge >= 0.3 is 0 Å². The van der Waals surface area contributed by atoms with Crippen LogP contribution in [0.1, 0.15) is 36.9 Å². The second-order valence-electron chi connectivity index (χ2n) is 7.42. The first-order chi connectivity index (χ1) is 11.7. The first kappa shape index (κ1) is 21.7. The number of benzene rings is 1.